The Morgan fingerprint density at radius 3 is 2.50 bits per heavy atom. The normalized spacial score (nSPS) is 11.6. The number of carbonyl (C=O) groups is 1. The summed E-state index contributed by atoms with van der Waals surface area (Å²) in [7, 11) is 0. The molecule has 1 nitrogen and oxygen atoms in total. The van der Waals surface area contributed by atoms with Gasteiger partial charge in [0.25, 0.3) is 0 Å². The molecule has 0 aromatic heterocycles. The van der Waals surface area contributed by atoms with E-state index in [0.29, 0.717) is 0 Å². The van der Waals surface area contributed by atoms with Gasteiger partial charge in [-0.2, -0.15) is 13.2 Å². The van der Waals surface area contributed by atoms with Crippen LogP contribution >= 0.6 is 11.8 Å². The molecule has 16 heavy (non-hydrogen) atoms. The summed E-state index contributed by atoms with van der Waals surface area (Å²) >= 11 is 0.884. The Labute approximate surface area is 96.0 Å². The Kier molecular flexibility index (Phi) is 4.02. The SMILES string of the molecule is CC(=O)SCc1cc(C)ccc1C(F)(F)F. The lowest BCUT2D eigenvalue weighted by atomic mass is 10.1. The molecular weight excluding hydrogens is 237 g/mol. The van der Waals surface area contributed by atoms with Crippen LogP contribution in [0.5, 0.6) is 0 Å². The average molecular weight is 248 g/mol. The van der Waals surface area contributed by atoms with E-state index in [1.54, 1.807) is 6.92 Å². The van der Waals surface area contributed by atoms with Crippen molar-refractivity contribution in [2.24, 2.45) is 0 Å². The van der Waals surface area contributed by atoms with Crippen LogP contribution in [0.4, 0.5) is 13.2 Å². The predicted octanol–water partition coefficient (Wildman–Crippen LogP) is 3.79. The van der Waals surface area contributed by atoms with Gasteiger partial charge in [0.2, 0.25) is 0 Å². The van der Waals surface area contributed by atoms with E-state index in [4.69, 9.17) is 0 Å². The molecule has 0 heterocycles. The number of hydrogen-bond donors (Lipinski definition) is 0. The monoisotopic (exact) mass is 248 g/mol. The maximum Gasteiger partial charge on any atom is 0.416 e. The Morgan fingerprint density at radius 1 is 1.38 bits per heavy atom. The second kappa shape index (κ2) is 4.91. The number of alkyl halides is 3. The summed E-state index contributed by atoms with van der Waals surface area (Å²) in [5.41, 5.74) is 0.256. The number of rotatable bonds is 2. The molecule has 0 fully saturated rings. The quantitative estimate of drug-likeness (QED) is 0.792. The summed E-state index contributed by atoms with van der Waals surface area (Å²) in [5.74, 6) is 0.0614. The van der Waals surface area contributed by atoms with E-state index in [2.05, 4.69) is 0 Å². The molecule has 1 rings (SSSR count). The summed E-state index contributed by atoms with van der Waals surface area (Å²) < 4.78 is 37.8. The van der Waals surface area contributed by atoms with Crippen LogP contribution in [0.1, 0.15) is 23.6 Å². The largest absolute Gasteiger partial charge is 0.416 e. The summed E-state index contributed by atoms with van der Waals surface area (Å²) in [5, 5.41) is -0.186. The van der Waals surface area contributed by atoms with Crippen molar-refractivity contribution < 1.29 is 18.0 Å². The first-order valence-corrected chi connectivity index (χ1v) is 5.59. The van der Waals surface area contributed by atoms with Crippen LogP contribution in [0.3, 0.4) is 0 Å². The van der Waals surface area contributed by atoms with E-state index in [0.717, 1.165) is 23.4 Å². The Morgan fingerprint density at radius 2 is 2.00 bits per heavy atom. The van der Waals surface area contributed by atoms with Crippen molar-refractivity contribution in [2.75, 3.05) is 0 Å². The molecule has 0 aliphatic rings. The lowest BCUT2D eigenvalue weighted by Crippen LogP contribution is -2.09. The standard InChI is InChI=1S/C11H11F3OS/c1-7-3-4-10(11(12,13)14)9(5-7)6-16-8(2)15/h3-5H,6H2,1-2H3. The fourth-order valence-corrected chi connectivity index (χ4v) is 1.90. The van der Waals surface area contributed by atoms with Crippen molar-refractivity contribution in [1.29, 1.82) is 0 Å². The second-order valence-electron chi connectivity index (χ2n) is 3.44. The Bertz CT molecular complexity index is 399. The Hall–Kier alpha value is -0.970. The van der Waals surface area contributed by atoms with Crippen LogP contribution in [-0.2, 0) is 16.7 Å². The number of aryl methyl sites for hydroxylation is 1. The third-order valence-corrected chi connectivity index (χ3v) is 2.86. The Balaban J connectivity index is 3.04. The van der Waals surface area contributed by atoms with Crippen molar-refractivity contribution in [3.63, 3.8) is 0 Å². The maximum absolute atomic E-state index is 12.6. The zero-order valence-corrected chi connectivity index (χ0v) is 9.71. The number of hydrogen-bond acceptors (Lipinski definition) is 2. The van der Waals surface area contributed by atoms with Crippen LogP contribution in [0.25, 0.3) is 0 Å². The molecule has 0 N–H and O–H groups in total. The molecule has 0 atom stereocenters. The van der Waals surface area contributed by atoms with E-state index in [1.165, 1.54) is 19.1 Å². The van der Waals surface area contributed by atoms with E-state index in [9.17, 15) is 18.0 Å². The predicted molar refractivity (Wildman–Crippen MR) is 58.2 cm³/mol. The molecule has 0 bridgehead atoms. The third kappa shape index (κ3) is 3.56. The van der Waals surface area contributed by atoms with Gasteiger partial charge < -0.3 is 0 Å². The molecule has 0 unspecified atom stereocenters. The topological polar surface area (TPSA) is 17.1 Å². The minimum atomic E-state index is -4.36. The first-order chi connectivity index (χ1) is 7.30. The fraction of sp³-hybridized carbons (Fsp3) is 0.364. The summed E-state index contributed by atoms with van der Waals surface area (Å²) in [6, 6.07) is 3.95. The highest BCUT2D eigenvalue weighted by Crippen LogP contribution is 2.34. The van der Waals surface area contributed by atoms with Gasteiger partial charge in [0.15, 0.2) is 5.12 Å². The highest BCUT2D eigenvalue weighted by atomic mass is 32.2. The minimum Gasteiger partial charge on any atom is -0.288 e. The molecule has 0 spiro atoms. The number of benzene rings is 1. The van der Waals surface area contributed by atoms with Gasteiger partial charge in [-0.05, 0) is 18.6 Å². The van der Waals surface area contributed by atoms with Crippen molar-refractivity contribution in [3.8, 4) is 0 Å². The first kappa shape index (κ1) is 13.1. The van der Waals surface area contributed by atoms with Gasteiger partial charge in [0.1, 0.15) is 0 Å². The molecule has 1 aromatic rings. The van der Waals surface area contributed by atoms with Crippen molar-refractivity contribution in [1.82, 2.24) is 0 Å². The molecule has 0 saturated carbocycles. The highest BCUT2D eigenvalue weighted by Gasteiger charge is 2.33. The lowest BCUT2D eigenvalue weighted by molar-refractivity contribution is -0.138. The van der Waals surface area contributed by atoms with Gasteiger partial charge in [-0.15, -0.1) is 0 Å². The van der Waals surface area contributed by atoms with Gasteiger partial charge in [-0.3, -0.25) is 4.79 Å². The van der Waals surface area contributed by atoms with Gasteiger partial charge in [0.05, 0.1) is 5.56 Å². The third-order valence-electron chi connectivity index (χ3n) is 2.00. The number of thioether (sulfide) groups is 1. The van der Waals surface area contributed by atoms with Gasteiger partial charge in [-0.25, -0.2) is 0 Å². The van der Waals surface area contributed by atoms with Gasteiger partial charge >= 0.3 is 6.18 Å². The fourth-order valence-electron chi connectivity index (χ4n) is 1.30. The van der Waals surface area contributed by atoms with Crippen molar-refractivity contribution in [3.05, 3.63) is 34.9 Å². The smallest absolute Gasteiger partial charge is 0.288 e. The average Bonchev–Trinajstić information content (AvgIpc) is 2.12. The van der Waals surface area contributed by atoms with Gasteiger partial charge in [-0.1, -0.05) is 29.5 Å². The van der Waals surface area contributed by atoms with E-state index in [-0.39, 0.29) is 16.4 Å². The second-order valence-corrected chi connectivity index (χ2v) is 4.59. The summed E-state index contributed by atoms with van der Waals surface area (Å²) in [4.78, 5) is 10.7. The van der Waals surface area contributed by atoms with Crippen molar-refractivity contribution >= 4 is 16.9 Å². The molecule has 88 valence electrons. The summed E-state index contributed by atoms with van der Waals surface area (Å²) in [6.07, 6.45) is -4.36. The molecule has 0 aliphatic carbocycles. The molecule has 5 heteroatoms. The zero-order valence-electron chi connectivity index (χ0n) is 8.89. The van der Waals surface area contributed by atoms with Crippen LogP contribution in [0.2, 0.25) is 0 Å². The molecule has 0 aliphatic heterocycles. The first-order valence-electron chi connectivity index (χ1n) is 4.61. The maximum atomic E-state index is 12.6. The molecule has 0 amide bonds. The van der Waals surface area contributed by atoms with Crippen LogP contribution in [0.15, 0.2) is 18.2 Å². The molecule has 1 aromatic carbocycles. The molecule has 0 radical (unpaired) electrons. The minimum absolute atomic E-state index is 0.0614. The van der Waals surface area contributed by atoms with E-state index < -0.39 is 11.7 Å². The number of carbonyl (C=O) groups excluding carboxylic acids is 1. The van der Waals surface area contributed by atoms with Crippen molar-refractivity contribution in [2.45, 2.75) is 25.8 Å². The molecular formula is C11H11F3OS. The van der Waals surface area contributed by atoms with Crippen LogP contribution < -0.4 is 0 Å². The molecule has 0 saturated heterocycles. The zero-order chi connectivity index (χ0) is 12.3. The highest BCUT2D eigenvalue weighted by molar-refractivity contribution is 8.12. The number of halogens is 3. The van der Waals surface area contributed by atoms with E-state index in [1.807, 2.05) is 0 Å². The van der Waals surface area contributed by atoms with Crippen LogP contribution in [-0.4, -0.2) is 5.12 Å². The van der Waals surface area contributed by atoms with Crippen LogP contribution in [0, 0.1) is 6.92 Å². The summed E-state index contributed by atoms with van der Waals surface area (Å²) in [6.45, 7) is 3.07. The lowest BCUT2D eigenvalue weighted by Gasteiger charge is -2.12. The van der Waals surface area contributed by atoms with Gasteiger partial charge in [0, 0.05) is 12.7 Å². The van der Waals surface area contributed by atoms with E-state index >= 15 is 0 Å².